The Labute approximate surface area is 124 Å². The Hall–Kier alpha value is -0.200. The van der Waals surface area contributed by atoms with E-state index in [9.17, 15) is 0 Å². The van der Waals surface area contributed by atoms with E-state index in [1.54, 1.807) is 14.2 Å². The van der Waals surface area contributed by atoms with Crippen LogP contribution >= 0.6 is 0 Å². The number of rotatable bonds is 9. The summed E-state index contributed by atoms with van der Waals surface area (Å²) in [6.07, 6.45) is 1.12. The van der Waals surface area contributed by atoms with Crippen molar-refractivity contribution in [3.05, 3.63) is 0 Å². The van der Waals surface area contributed by atoms with E-state index in [0.717, 1.165) is 39.3 Å². The molecule has 1 saturated heterocycles. The van der Waals surface area contributed by atoms with Crippen molar-refractivity contribution in [1.82, 2.24) is 9.80 Å². The maximum atomic E-state index is 6.19. The number of hydrogen-bond acceptors (Lipinski definition) is 5. The molecule has 0 aromatic rings. The molecule has 0 amide bonds. The molecule has 1 rings (SSSR count). The highest BCUT2D eigenvalue weighted by molar-refractivity contribution is 5.02. The molecule has 1 fully saturated rings. The molecule has 20 heavy (non-hydrogen) atoms. The SMILES string of the molecule is COCCN(C(C)COC)C1(CN)CCN(C(C)C)C1. The van der Waals surface area contributed by atoms with Gasteiger partial charge in [0.25, 0.3) is 0 Å². The molecule has 5 heteroatoms. The zero-order valence-corrected chi connectivity index (χ0v) is 13.9. The van der Waals surface area contributed by atoms with Gasteiger partial charge in [-0.25, -0.2) is 0 Å². The van der Waals surface area contributed by atoms with E-state index in [1.807, 2.05) is 0 Å². The van der Waals surface area contributed by atoms with Crippen molar-refractivity contribution in [2.45, 2.75) is 44.8 Å². The van der Waals surface area contributed by atoms with Crippen LogP contribution in [-0.2, 0) is 9.47 Å². The summed E-state index contributed by atoms with van der Waals surface area (Å²) in [5, 5.41) is 0. The minimum atomic E-state index is 0.0563. The van der Waals surface area contributed by atoms with Crippen LogP contribution in [0.1, 0.15) is 27.2 Å². The summed E-state index contributed by atoms with van der Waals surface area (Å²) in [7, 11) is 3.51. The highest BCUT2D eigenvalue weighted by Gasteiger charge is 2.44. The van der Waals surface area contributed by atoms with Gasteiger partial charge in [0.05, 0.1) is 13.2 Å². The Balaban J connectivity index is 2.84. The molecule has 0 aromatic heterocycles. The van der Waals surface area contributed by atoms with E-state index < -0.39 is 0 Å². The lowest BCUT2D eigenvalue weighted by molar-refractivity contribution is 0.00222. The minimum Gasteiger partial charge on any atom is -0.383 e. The number of nitrogens with zero attached hydrogens (tertiary/aromatic N) is 2. The summed E-state index contributed by atoms with van der Waals surface area (Å²) < 4.78 is 10.6. The molecule has 0 aliphatic carbocycles. The second kappa shape index (κ2) is 8.29. The molecule has 0 spiro atoms. The van der Waals surface area contributed by atoms with Crippen LogP contribution in [0.5, 0.6) is 0 Å². The molecule has 5 nitrogen and oxygen atoms in total. The topological polar surface area (TPSA) is 51.0 Å². The van der Waals surface area contributed by atoms with Crippen molar-refractivity contribution >= 4 is 0 Å². The summed E-state index contributed by atoms with van der Waals surface area (Å²) >= 11 is 0. The summed E-state index contributed by atoms with van der Waals surface area (Å²) in [5.74, 6) is 0. The molecular formula is C15H33N3O2. The molecule has 2 atom stereocenters. The van der Waals surface area contributed by atoms with E-state index in [-0.39, 0.29) is 5.54 Å². The molecule has 0 radical (unpaired) electrons. The summed E-state index contributed by atoms with van der Waals surface area (Å²) in [6.45, 7) is 11.9. The average Bonchev–Trinajstić information content (AvgIpc) is 2.85. The molecule has 120 valence electrons. The summed E-state index contributed by atoms with van der Waals surface area (Å²) in [4.78, 5) is 5.02. The van der Waals surface area contributed by atoms with E-state index in [2.05, 4.69) is 30.6 Å². The lowest BCUT2D eigenvalue weighted by atomic mass is 9.94. The monoisotopic (exact) mass is 287 g/mol. The lowest BCUT2D eigenvalue weighted by Gasteiger charge is -2.44. The third-order valence-electron chi connectivity index (χ3n) is 4.56. The van der Waals surface area contributed by atoms with E-state index >= 15 is 0 Å². The Morgan fingerprint density at radius 2 is 1.95 bits per heavy atom. The Morgan fingerprint density at radius 3 is 2.40 bits per heavy atom. The Bertz CT molecular complexity index is 276. The second-order valence-electron chi connectivity index (χ2n) is 6.23. The van der Waals surface area contributed by atoms with Gasteiger partial charge in [0.2, 0.25) is 0 Å². The smallest absolute Gasteiger partial charge is 0.0615 e. The zero-order valence-electron chi connectivity index (χ0n) is 13.9. The van der Waals surface area contributed by atoms with Gasteiger partial charge in [-0.2, -0.15) is 0 Å². The fraction of sp³-hybridized carbons (Fsp3) is 1.00. The van der Waals surface area contributed by atoms with Crippen molar-refractivity contribution in [2.24, 2.45) is 5.73 Å². The predicted molar refractivity (Wildman–Crippen MR) is 83.0 cm³/mol. The van der Waals surface area contributed by atoms with Gasteiger partial charge in [-0.15, -0.1) is 0 Å². The van der Waals surface area contributed by atoms with E-state index in [4.69, 9.17) is 15.2 Å². The number of hydrogen-bond donors (Lipinski definition) is 1. The molecular weight excluding hydrogens is 254 g/mol. The molecule has 0 bridgehead atoms. The number of nitrogens with two attached hydrogens (primary N) is 1. The minimum absolute atomic E-state index is 0.0563. The Morgan fingerprint density at radius 1 is 1.25 bits per heavy atom. The second-order valence-corrected chi connectivity index (χ2v) is 6.23. The standard InChI is InChI=1S/C15H33N3O2/c1-13(2)17-7-6-15(11-16,12-17)18(8-9-19-4)14(3)10-20-5/h13-14H,6-12,16H2,1-5H3. The molecule has 2 unspecified atom stereocenters. The first-order chi connectivity index (χ1) is 9.50. The molecule has 0 aromatic carbocycles. The molecule has 1 heterocycles. The largest absolute Gasteiger partial charge is 0.383 e. The molecule has 1 aliphatic heterocycles. The fourth-order valence-electron chi connectivity index (χ4n) is 3.29. The third kappa shape index (κ3) is 4.15. The van der Waals surface area contributed by atoms with Crippen LogP contribution in [-0.4, -0.2) is 81.0 Å². The number of methoxy groups -OCH3 is 2. The first-order valence-corrected chi connectivity index (χ1v) is 7.69. The van der Waals surface area contributed by atoms with Gasteiger partial charge in [0.1, 0.15) is 0 Å². The lowest BCUT2D eigenvalue weighted by Crippen LogP contribution is -2.60. The van der Waals surface area contributed by atoms with Crippen molar-refractivity contribution in [2.75, 3.05) is 53.6 Å². The van der Waals surface area contributed by atoms with Crippen LogP contribution in [0.2, 0.25) is 0 Å². The maximum absolute atomic E-state index is 6.19. The van der Waals surface area contributed by atoms with Crippen LogP contribution < -0.4 is 5.73 Å². The van der Waals surface area contributed by atoms with Gasteiger partial charge in [0, 0.05) is 58.0 Å². The fourth-order valence-corrected chi connectivity index (χ4v) is 3.29. The van der Waals surface area contributed by atoms with Crippen LogP contribution in [0.25, 0.3) is 0 Å². The highest BCUT2D eigenvalue weighted by Crippen LogP contribution is 2.30. The van der Waals surface area contributed by atoms with Gasteiger partial charge in [-0.3, -0.25) is 9.80 Å². The molecule has 0 saturated carbocycles. The van der Waals surface area contributed by atoms with Crippen molar-refractivity contribution in [3.63, 3.8) is 0 Å². The number of likely N-dealkylation sites (tertiary alicyclic amines) is 1. The van der Waals surface area contributed by atoms with Gasteiger partial charge in [-0.1, -0.05) is 0 Å². The predicted octanol–water partition coefficient (Wildman–Crippen LogP) is 0.781. The van der Waals surface area contributed by atoms with Crippen molar-refractivity contribution in [1.29, 1.82) is 0 Å². The van der Waals surface area contributed by atoms with Gasteiger partial charge < -0.3 is 15.2 Å². The first-order valence-electron chi connectivity index (χ1n) is 7.69. The van der Waals surface area contributed by atoms with Crippen molar-refractivity contribution < 1.29 is 9.47 Å². The van der Waals surface area contributed by atoms with Crippen molar-refractivity contribution in [3.8, 4) is 0 Å². The van der Waals surface area contributed by atoms with Crippen LogP contribution in [0.3, 0.4) is 0 Å². The van der Waals surface area contributed by atoms with Crippen LogP contribution in [0, 0.1) is 0 Å². The van der Waals surface area contributed by atoms with E-state index in [1.165, 1.54) is 0 Å². The third-order valence-corrected chi connectivity index (χ3v) is 4.56. The molecule has 2 N–H and O–H groups in total. The van der Waals surface area contributed by atoms with E-state index in [0.29, 0.717) is 18.6 Å². The quantitative estimate of drug-likeness (QED) is 0.679. The van der Waals surface area contributed by atoms with Crippen LogP contribution in [0.4, 0.5) is 0 Å². The van der Waals surface area contributed by atoms with Gasteiger partial charge >= 0.3 is 0 Å². The van der Waals surface area contributed by atoms with Gasteiger partial charge in [0.15, 0.2) is 0 Å². The maximum Gasteiger partial charge on any atom is 0.0615 e. The highest BCUT2D eigenvalue weighted by atomic mass is 16.5. The zero-order chi connectivity index (χ0) is 15.2. The Kier molecular flexibility index (Phi) is 7.40. The molecule has 1 aliphatic rings. The summed E-state index contributed by atoms with van der Waals surface area (Å²) in [6, 6.07) is 0.927. The average molecular weight is 287 g/mol. The first kappa shape index (κ1) is 17.9. The van der Waals surface area contributed by atoms with Gasteiger partial charge in [-0.05, 0) is 27.2 Å². The van der Waals surface area contributed by atoms with Crippen LogP contribution in [0.15, 0.2) is 0 Å². The normalized spacial score (nSPS) is 25.8. The summed E-state index contributed by atoms with van der Waals surface area (Å²) in [5.41, 5.74) is 6.24. The number of ether oxygens (including phenoxy) is 2.